The second kappa shape index (κ2) is 6.22. The van der Waals surface area contributed by atoms with E-state index in [0.29, 0.717) is 0 Å². The molecule has 114 valence electrons. The Morgan fingerprint density at radius 1 is 0.826 bits per heavy atom. The fourth-order valence-corrected chi connectivity index (χ4v) is 2.70. The van der Waals surface area contributed by atoms with E-state index in [9.17, 15) is 0 Å². The first-order chi connectivity index (χ1) is 10.8. The van der Waals surface area contributed by atoms with Crippen molar-refractivity contribution in [2.75, 3.05) is 5.84 Å². The number of fused-ring (bicyclic) bond motifs is 1. The Morgan fingerprint density at radius 2 is 1.43 bits per heavy atom. The Balaban J connectivity index is 0.00000156. The molecule has 2 N–H and O–H groups in total. The van der Waals surface area contributed by atoms with Crippen LogP contribution in [0.1, 0.15) is 0 Å². The standard InChI is InChI=1S/C18H15N4.BrH/c19-21-13-20-22-12-16(14-7-3-1-4-8-14)11-17(18(21)22)15-9-5-2-6-10-15;/h1-13H,19H2;1H/q+1;/p-1. The van der Waals surface area contributed by atoms with Gasteiger partial charge in [0.05, 0.1) is 5.56 Å². The Kier molecular flexibility index (Phi) is 4.12. The summed E-state index contributed by atoms with van der Waals surface area (Å²) < 4.78 is 3.38. The van der Waals surface area contributed by atoms with Gasteiger partial charge in [-0.05, 0) is 17.2 Å². The number of halogens is 1. The maximum absolute atomic E-state index is 6.04. The molecule has 0 fully saturated rings. The Hall–Kier alpha value is -2.66. The van der Waals surface area contributed by atoms with Crippen molar-refractivity contribution in [3.8, 4) is 22.3 Å². The molecule has 4 aromatic rings. The summed E-state index contributed by atoms with van der Waals surface area (Å²) in [4.78, 5) is 0. The van der Waals surface area contributed by atoms with Gasteiger partial charge in [-0.1, -0.05) is 65.2 Å². The lowest BCUT2D eigenvalue weighted by atomic mass is 10.0. The number of nitrogens with two attached hydrogens (primary N) is 1. The highest BCUT2D eigenvalue weighted by Crippen LogP contribution is 2.28. The number of rotatable bonds is 2. The molecule has 2 aromatic carbocycles. The molecule has 0 aliphatic rings. The minimum Gasteiger partial charge on any atom is -1.00 e. The van der Waals surface area contributed by atoms with E-state index in [2.05, 4.69) is 35.4 Å². The van der Waals surface area contributed by atoms with Gasteiger partial charge in [0.2, 0.25) is 0 Å². The Bertz CT molecular complexity index is 933. The summed E-state index contributed by atoms with van der Waals surface area (Å²) in [6.07, 6.45) is 3.62. The van der Waals surface area contributed by atoms with E-state index >= 15 is 0 Å². The molecule has 4 rings (SSSR count). The van der Waals surface area contributed by atoms with Crippen LogP contribution in [0, 0.1) is 0 Å². The van der Waals surface area contributed by atoms with Crippen LogP contribution in [0.4, 0.5) is 0 Å². The second-order valence-electron chi connectivity index (χ2n) is 5.18. The van der Waals surface area contributed by atoms with E-state index < -0.39 is 0 Å². The van der Waals surface area contributed by atoms with Gasteiger partial charge in [-0.25, -0.2) is 0 Å². The number of hydrogen-bond donors (Lipinski definition) is 1. The van der Waals surface area contributed by atoms with Gasteiger partial charge in [0.25, 0.3) is 12.0 Å². The molecule has 0 saturated heterocycles. The molecule has 0 bridgehead atoms. The third-order valence-corrected chi connectivity index (χ3v) is 3.76. The van der Waals surface area contributed by atoms with Crippen molar-refractivity contribution in [1.82, 2.24) is 9.61 Å². The SMILES string of the molecule is N[n+]1cnn2cc(-c3ccccc3)cc(-c3ccccc3)c21.[Br-]. The first kappa shape index (κ1) is 15.2. The topological polar surface area (TPSA) is 47.2 Å². The molecule has 0 saturated carbocycles. The Morgan fingerprint density at radius 3 is 2.09 bits per heavy atom. The molecule has 4 nitrogen and oxygen atoms in total. The second-order valence-corrected chi connectivity index (χ2v) is 5.18. The highest BCUT2D eigenvalue weighted by Gasteiger charge is 2.17. The van der Waals surface area contributed by atoms with Gasteiger partial charge in [-0.2, -0.15) is 0 Å². The zero-order valence-electron chi connectivity index (χ0n) is 12.3. The molecule has 2 heterocycles. The van der Waals surface area contributed by atoms with Crippen LogP contribution in [0.5, 0.6) is 0 Å². The molecule has 0 amide bonds. The maximum Gasteiger partial charge on any atom is 0.294 e. The van der Waals surface area contributed by atoms with Crippen LogP contribution >= 0.6 is 0 Å². The molecule has 0 atom stereocenters. The average Bonchev–Trinajstić information content (AvgIpc) is 2.97. The lowest BCUT2D eigenvalue weighted by molar-refractivity contribution is -0.612. The first-order valence-electron chi connectivity index (χ1n) is 7.12. The van der Waals surface area contributed by atoms with Crippen molar-refractivity contribution in [3.05, 3.63) is 79.3 Å². The van der Waals surface area contributed by atoms with Crippen LogP contribution in [0.2, 0.25) is 0 Å². The normalized spacial score (nSPS) is 10.4. The summed E-state index contributed by atoms with van der Waals surface area (Å²) in [5.41, 5.74) is 5.30. The molecular weight excluding hydrogens is 352 g/mol. The summed E-state index contributed by atoms with van der Waals surface area (Å²) in [6.45, 7) is 0. The molecule has 0 aliphatic carbocycles. The first-order valence-corrected chi connectivity index (χ1v) is 7.12. The third-order valence-electron chi connectivity index (χ3n) is 3.76. The average molecular weight is 367 g/mol. The zero-order chi connectivity index (χ0) is 14.9. The van der Waals surface area contributed by atoms with Crippen LogP contribution in [-0.4, -0.2) is 9.61 Å². The fourth-order valence-electron chi connectivity index (χ4n) is 2.70. The smallest absolute Gasteiger partial charge is 0.294 e. The van der Waals surface area contributed by atoms with Crippen LogP contribution in [-0.2, 0) is 0 Å². The Labute approximate surface area is 144 Å². The summed E-state index contributed by atoms with van der Waals surface area (Å²) in [7, 11) is 0. The van der Waals surface area contributed by atoms with Crippen LogP contribution in [0.25, 0.3) is 27.9 Å². The van der Waals surface area contributed by atoms with Crippen LogP contribution in [0.3, 0.4) is 0 Å². The van der Waals surface area contributed by atoms with E-state index in [-0.39, 0.29) is 17.0 Å². The third kappa shape index (κ3) is 2.71. The van der Waals surface area contributed by atoms with E-state index in [0.717, 1.165) is 27.9 Å². The van der Waals surface area contributed by atoms with Gasteiger partial charge < -0.3 is 17.0 Å². The number of benzene rings is 2. The minimum atomic E-state index is 0. The lowest BCUT2D eigenvalue weighted by Gasteiger charge is -2.05. The van der Waals surface area contributed by atoms with E-state index in [1.165, 1.54) is 0 Å². The van der Waals surface area contributed by atoms with Gasteiger partial charge in [0.15, 0.2) is 0 Å². The number of nitrogen functional groups attached to an aromatic ring is 1. The maximum atomic E-state index is 6.04. The molecule has 23 heavy (non-hydrogen) atoms. The van der Waals surface area contributed by atoms with Gasteiger partial charge in [0.1, 0.15) is 6.20 Å². The van der Waals surface area contributed by atoms with Gasteiger partial charge >= 0.3 is 0 Å². The van der Waals surface area contributed by atoms with E-state index in [4.69, 9.17) is 5.84 Å². The predicted molar refractivity (Wildman–Crippen MR) is 86.4 cm³/mol. The zero-order valence-corrected chi connectivity index (χ0v) is 13.9. The molecule has 0 unspecified atom stereocenters. The minimum absolute atomic E-state index is 0. The fraction of sp³-hybridized carbons (Fsp3) is 0. The predicted octanol–water partition coefficient (Wildman–Crippen LogP) is -0.326. The van der Waals surface area contributed by atoms with Crippen molar-refractivity contribution in [3.63, 3.8) is 0 Å². The van der Waals surface area contributed by atoms with Crippen molar-refractivity contribution in [2.24, 2.45) is 0 Å². The molecule has 0 spiro atoms. The molecule has 2 aromatic heterocycles. The number of hydrogen-bond acceptors (Lipinski definition) is 2. The lowest BCUT2D eigenvalue weighted by Crippen LogP contribution is -3.00. The molecule has 0 radical (unpaired) electrons. The number of nitrogens with zero attached hydrogens (tertiary/aromatic N) is 3. The molecular formula is C18H15BrN4. The summed E-state index contributed by atoms with van der Waals surface area (Å²) in [5.74, 6) is 6.04. The summed E-state index contributed by atoms with van der Waals surface area (Å²) in [5, 5.41) is 4.35. The summed E-state index contributed by atoms with van der Waals surface area (Å²) >= 11 is 0. The highest BCUT2D eigenvalue weighted by atomic mass is 79.9. The highest BCUT2D eigenvalue weighted by molar-refractivity contribution is 5.80. The molecule has 5 heteroatoms. The van der Waals surface area contributed by atoms with Gasteiger partial charge in [-0.3, -0.25) is 5.84 Å². The van der Waals surface area contributed by atoms with Crippen molar-refractivity contribution in [1.29, 1.82) is 0 Å². The van der Waals surface area contributed by atoms with Gasteiger partial charge in [-0.15, -0.1) is 4.68 Å². The van der Waals surface area contributed by atoms with Crippen LogP contribution < -0.4 is 27.5 Å². The summed E-state index contributed by atoms with van der Waals surface area (Å²) in [6, 6.07) is 22.7. The monoisotopic (exact) mass is 366 g/mol. The van der Waals surface area contributed by atoms with Crippen LogP contribution in [0.15, 0.2) is 79.3 Å². The number of pyridine rings is 1. The van der Waals surface area contributed by atoms with E-state index in [1.807, 2.05) is 47.1 Å². The van der Waals surface area contributed by atoms with Crippen molar-refractivity contribution >= 4 is 5.65 Å². The van der Waals surface area contributed by atoms with E-state index in [1.54, 1.807) is 11.0 Å². The van der Waals surface area contributed by atoms with Gasteiger partial charge in [0, 0.05) is 10.7 Å². The number of aromatic nitrogens is 3. The largest absolute Gasteiger partial charge is 1.00 e. The van der Waals surface area contributed by atoms with Crippen molar-refractivity contribution < 1.29 is 21.7 Å². The van der Waals surface area contributed by atoms with Crippen molar-refractivity contribution in [2.45, 2.75) is 0 Å². The quantitative estimate of drug-likeness (QED) is 0.390. The molecule has 0 aliphatic heterocycles.